The summed E-state index contributed by atoms with van der Waals surface area (Å²) in [7, 11) is 0. The van der Waals surface area contributed by atoms with E-state index in [1.54, 1.807) is 36.7 Å². The third kappa shape index (κ3) is 1.33. The first-order valence-electron chi connectivity index (χ1n) is 6.00. The molecule has 1 aliphatic rings. The zero-order valence-corrected chi connectivity index (χ0v) is 10.2. The van der Waals surface area contributed by atoms with Gasteiger partial charge in [0.1, 0.15) is 11.4 Å². The van der Waals surface area contributed by atoms with Crippen LogP contribution in [0, 0.1) is 0 Å². The second-order valence-electron chi connectivity index (χ2n) is 4.41. The number of carbonyl (C=O) groups is 1. The SMILES string of the molecule is O=C1C(c2c(O)[nH]c3ncccc23)=Nc2ncccc21. The minimum atomic E-state index is -0.242. The predicted molar refractivity (Wildman–Crippen MR) is 72.5 cm³/mol. The molecule has 0 radical (unpaired) electrons. The molecule has 0 amide bonds. The van der Waals surface area contributed by atoms with E-state index in [0.717, 1.165) is 0 Å². The zero-order valence-electron chi connectivity index (χ0n) is 10.2. The molecule has 0 unspecified atom stereocenters. The number of ketones is 1. The number of aliphatic imine (C=N–C) groups is 1. The van der Waals surface area contributed by atoms with Gasteiger partial charge in [-0.25, -0.2) is 15.0 Å². The molecule has 4 rings (SSSR count). The maximum absolute atomic E-state index is 12.4. The minimum absolute atomic E-state index is 0.112. The van der Waals surface area contributed by atoms with Crippen LogP contribution in [0.5, 0.6) is 5.88 Å². The zero-order chi connectivity index (χ0) is 13.7. The van der Waals surface area contributed by atoms with Gasteiger partial charge in [-0.05, 0) is 24.3 Å². The number of hydrogen-bond acceptors (Lipinski definition) is 5. The van der Waals surface area contributed by atoms with Gasteiger partial charge in [-0.1, -0.05) is 0 Å². The fourth-order valence-electron chi connectivity index (χ4n) is 2.37. The first kappa shape index (κ1) is 10.9. The molecule has 0 bridgehead atoms. The van der Waals surface area contributed by atoms with Crippen LogP contribution >= 0.6 is 0 Å². The number of aromatic nitrogens is 3. The quantitative estimate of drug-likeness (QED) is 0.703. The van der Waals surface area contributed by atoms with Crippen molar-refractivity contribution in [3.05, 3.63) is 47.8 Å². The van der Waals surface area contributed by atoms with Crippen molar-refractivity contribution in [3.63, 3.8) is 0 Å². The van der Waals surface area contributed by atoms with Gasteiger partial charge in [0.25, 0.3) is 0 Å². The van der Waals surface area contributed by atoms with Crippen molar-refractivity contribution < 1.29 is 9.90 Å². The Kier molecular flexibility index (Phi) is 2.03. The van der Waals surface area contributed by atoms with E-state index in [1.807, 2.05) is 0 Å². The molecule has 6 nitrogen and oxygen atoms in total. The Hall–Kier alpha value is -3.02. The van der Waals surface area contributed by atoms with Crippen molar-refractivity contribution in [1.82, 2.24) is 15.0 Å². The van der Waals surface area contributed by atoms with Crippen LogP contribution < -0.4 is 0 Å². The van der Waals surface area contributed by atoms with E-state index in [4.69, 9.17) is 0 Å². The van der Waals surface area contributed by atoms with Crippen LogP contribution in [0.25, 0.3) is 11.0 Å². The number of nitrogens with zero attached hydrogens (tertiary/aromatic N) is 3. The van der Waals surface area contributed by atoms with Crippen molar-refractivity contribution in [3.8, 4) is 5.88 Å². The molecule has 0 spiro atoms. The molecule has 0 saturated carbocycles. The lowest BCUT2D eigenvalue weighted by Gasteiger charge is -1.97. The van der Waals surface area contributed by atoms with Gasteiger partial charge in [-0.2, -0.15) is 0 Å². The first-order valence-corrected chi connectivity index (χ1v) is 6.00. The molecule has 0 aliphatic carbocycles. The number of aromatic hydroxyl groups is 1. The standard InChI is InChI=1S/C14H8N4O2/c19-11-8-4-2-6-16-13(8)17-10(11)9-7-3-1-5-15-12(7)18-14(9)20/h1-6,20H,(H,15,18). The van der Waals surface area contributed by atoms with Crippen molar-refractivity contribution >= 4 is 28.3 Å². The van der Waals surface area contributed by atoms with Gasteiger partial charge in [0.2, 0.25) is 5.78 Å². The largest absolute Gasteiger partial charge is 0.494 e. The molecule has 0 fully saturated rings. The molecule has 1 aliphatic heterocycles. The van der Waals surface area contributed by atoms with Crippen LogP contribution in [0.3, 0.4) is 0 Å². The fourth-order valence-corrected chi connectivity index (χ4v) is 2.37. The van der Waals surface area contributed by atoms with Crippen LogP contribution in [0.4, 0.5) is 5.82 Å². The van der Waals surface area contributed by atoms with Gasteiger partial charge in [0.15, 0.2) is 11.7 Å². The summed E-state index contributed by atoms with van der Waals surface area (Å²) in [5.41, 5.74) is 1.52. The van der Waals surface area contributed by atoms with Crippen LogP contribution in [0.2, 0.25) is 0 Å². The second-order valence-corrected chi connectivity index (χ2v) is 4.41. The van der Waals surface area contributed by atoms with E-state index in [2.05, 4.69) is 19.9 Å². The highest BCUT2D eigenvalue weighted by Crippen LogP contribution is 2.33. The summed E-state index contributed by atoms with van der Waals surface area (Å²) in [5, 5.41) is 10.7. The number of carbonyl (C=O) groups excluding carboxylic acids is 1. The molecule has 3 aromatic heterocycles. The van der Waals surface area contributed by atoms with Gasteiger partial charge in [-0.15, -0.1) is 0 Å². The summed E-state index contributed by atoms with van der Waals surface area (Å²) < 4.78 is 0. The van der Waals surface area contributed by atoms with Gasteiger partial charge in [0.05, 0.1) is 11.1 Å². The average Bonchev–Trinajstić information content (AvgIpc) is 2.96. The summed E-state index contributed by atoms with van der Waals surface area (Å²) in [6.45, 7) is 0. The smallest absolute Gasteiger partial charge is 0.216 e. The van der Waals surface area contributed by atoms with E-state index >= 15 is 0 Å². The lowest BCUT2D eigenvalue weighted by atomic mass is 10.0. The molecule has 6 heteroatoms. The molecule has 96 valence electrons. The monoisotopic (exact) mass is 264 g/mol. The Balaban J connectivity index is 1.99. The minimum Gasteiger partial charge on any atom is -0.494 e. The highest BCUT2D eigenvalue weighted by Gasteiger charge is 2.30. The number of pyridine rings is 2. The molecular formula is C14H8N4O2. The highest BCUT2D eigenvalue weighted by molar-refractivity contribution is 6.56. The van der Waals surface area contributed by atoms with E-state index in [1.165, 1.54) is 0 Å². The fraction of sp³-hybridized carbons (Fsp3) is 0. The Morgan fingerprint density at radius 3 is 2.75 bits per heavy atom. The number of nitrogens with one attached hydrogen (secondary N) is 1. The van der Waals surface area contributed by atoms with E-state index in [0.29, 0.717) is 28.0 Å². The predicted octanol–water partition coefficient (Wildman–Crippen LogP) is 1.98. The van der Waals surface area contributed by atoms with Gasteiger partial charge >= 0.3 is 0 Å². The summed E-state index contributed by atoms with van der Waals surface area (Å²) in [4.78, 5) is 27.5. The van der Waals surface area contributed by atoms with Crippen molar-refractivity contribution in [1.29, 1.82) is 0 Å². The molecule has 3 aromatic rings. The second kappa shape index (κ2) is 3.74. The summed E-state index contributed by atoms with van der Waals surface area (Å²) in [6.07, 6.45) is 3.19. The van der Waals surface area contributed by atoms with Crippen LogP contribution in [-0.4, -0.2) is 31.6 Å². The third-order valence-corrected chi connectivity index (χ3v) is 3.25. The topological polar surface area (TPSA) is 91.2 Å². The Morgan fingerprint density at radius 1 is 1.10 bits per heavy atom. The Bertz CT molecular complexity index is 895. The summed E-state index contributed by atoms with van der Waals surface area (Å²) >= 11 is 0. The molecule has 2 N–H and O–H groups in total. The Morgan fingerprint density at radius 2 is 1.90 bits per heavy atom. The van der Waals surface area contributed by atoms with Gasteiger partial charge in [0, 0.05) is 17.8 Å². The van der Waals surface area contributed by atoms with E-state index in [9.17, 15) is 9.90 Å². The molecular weight excluding hydrogens is 256 g/mol. The number of hydrogen-bond donors (Lipinski definition) is 2. The van der Waals surface area contributed by atoms with Crippen molar-refractivity contribution in [2.45, 2.75) is 0 Å². The van der Waals surface area contributed by atoms with Crippen LogP contribution in [0.1, 0.15) is 15.9 Å². The molecule has 0 saturated heterocycles. The van der Waals surface area contributed by atoms with Crippen molar-refractivity contribution in [2.24, 2.45) is 4.99 Å². The molecule has 0 atom stereocenters. The number of Topliss-reactive ketones (excluding diaryl/α,β-unsaturated/α-hetero) is 1. The van der Waals surface area contributed by atoms with Crippen LogP contribution in [-0.2, 0) is 0 Å². The lowest BCUT2D eigenvalue weighted by molar-refractivity contribution is 0.107. The van der Waals surface area contributed by atoms with E-state index < -0.39 is 0 Å². The van der Waals surface area contributed by atoms with Gasteiger partial charge < -0.3 is 10.1 Å². The number of aromatic amines is 1. The lowest BCUT2D eigenvalue weighted by Crippen LogP contribution is -2.10. The van der Waals surface area contributed by atoms with Crippen molar-refractivity contribution in [2.75, 3.05) is 0 Å². The summed E-state index contributed by atoms with van der Waals surface area (Å²) in [5.74, 6) is 0.0249. The molecule has 20 heavy (non-hydrogen) atoms. The normalized spacial score (nSPS) is 13.6. The third-order valence-electron chi connectivity index (χ3n) is 3.25. The first-order chi connectivity index (χ1) is 9.75. The number of rotatable bonds is 1. The van der Waals surface area contributed by atoms with Crippen LogP contribution in [0.15, 0.2) is 41.7 Å². The Labute approximate surface area is 112 Å². The molecule has 4 heterocycles. The van der Waals surface area contributed by atoms with Gasteiger partial charge in [-0.3, -0.25) is 4.79 Å². The molecule has 0 aromatic carbocycles. The average molecular weight is 264 g/mol. The number of fused-ring (bicyclic) bond motifs is 2. The number of H-pyrrole nitrogens is 1. The maximum atomic E-state index is 12.4. The summed E-state index contributed by atoms with van der Waals surface area (Å²) in [6, 6.07) is 6.88. The maximum Gasteiger partial charge on any atom is 0.216 e. The highest BCUT2D eigenvalue weighted by atomic mass is 16.3. The van der Waals surface area contributed by atoms with E-state index in [-0.39, 0.29) is 17.4 Å².